The number of halogens is 1. The van der Waals surface area contributed by atoms with Crippen LogP contribution in [0.25, 0.3) is 0 Å². The van der Waals surface area contributed by atoms with Crippen LogP contribution in [0.1, 0.15) is 18.0 Å². The molecule has 1 aromatic carbocycles. The maximum Gasteiger partial charge on any atom is 0.151 e. The van der Waals surface area contributed by atoms with E-state index in [1.165, 1.54) is 0 Å². The van der Waals surface area contributed by atoms with Gasteiger partial charge in [0.1, 0.15) is 0 Å². The van der Waals surface area contributed by atoms with Gasteiger partial charge in [0.2, 0.25) is 0 Å². The average molecular weight is 303 g/mol. The molecule has 1 fully saturated rings. The van der Waals surface area contributed by atoms with Gasteiger partial charge in [0.25, 0.3) is 0 Å². The first-order valence-electron chi connectivity index (χ1n) is 6.31. The van der Waals surface area contributed by atoms with Crippen molar-refractivity contribution in [3.05, 3.63) is 34.9 Å². The minimum atomic E-state index is -2.87. The van der Waals surface area contributed by atoms with Crippen LogP contribution in [0.15, 0.2) is 24.3 Å². The van der Waals surface area contributed by atoms with Crippen LogP contribution in [0.4, 0.5) is 0 Å². The zero-order valence-electron chi connectivity index (χ0n) is 10.9. The van der Waals surface area contributed by atoms with Gasteiger partial charge in [-0.2, -0.15) is 0 Å². The van der Waals surface area contributed by atoms with E-state index in [0.29, 0.717) is 18.0 Å². The molecule has 0 aromatic heterocycles. The second-order valence-electron chi connectivity index (χ2n) is 5.03. The molecule has 2 rings (SSSR count). The molecule has 0 amide bonds. The molecule has 6 heteroatoms. The SMILES string of the molecule is CN(C1CCS(=O)(=O)C1)C(CN)c1ccc(Cl)cc1. The van der Waals surface area contributed by atoms with Crippen LogP contribution in [-0.4, -0.2) is 44.5 Å². The summed E-state index contributed by atoms with van der Waals surface area (Å²) in [5.74, 6) is 0.507. The highest BCUT2D eigenvalue weighted by atomic mass is 35.5. The lowest BCUT2D eigenvalue weighted by atomic mass is 10.0. The van der Waals surface area contributed by atoms with Crippen molar-refractivity contribution < 1.29 is 8.42 Å². The minimum Gasteiger partial charge on any atom is -0.329 e. The summed E-state index contributed by atoms with van der Waals surface area (Å²) in [5.41, 5.74) is 6.92. The second-order valence-corrected chi connectivity index (χ2v) is 7.69. The Morgan fingerprint density at radius 2 is 2.05 bits per heavy atom. The molecule has 0 aliphatic carbocycles. The third-order valence-electron chi connectivity index (χ3n) is 3.75. The van der Waals surface area contributed by atoms with Gasteiger partial charge in [0.05, 0.1) is 11.5 Å². The lowest BCUT2D eigenvalue weighted by molar-refractivity contribution is 0.192. The molecule has 1 saturated heterocycles. The molecule has 1 aliphatic rings. The largest absolute Gasteiger partial charge is 0.329 e. The molecular formula is C13H19ClN2O2S. The number of likely N-dealkylation sites (N-methyl/N-ethyl adjacent to an activating group) is 1. The number of nitrogens with two attached hydrogens (primary N) is 1. The number of hydrogen-bond donors (Lipinski definition) is 1. The van der Waals surface area contributed by atoms with E-state index in [4.69, 9.17) is 17.3 Å². The van der Waals surface area contributed by atoms with Crippen molar-refractivity contribution in [3.8, 4) is 0 Å². The van der Waals surface area contributed by atoms with Gasteiger partial charge in [0, 0.05) is 23.7 Å². The molecule has 4 nitrogen and oxygen atoms in total. The van der Waals surface area contributed by atoms with Crippen LogP contribution in [0.2, 0.25) is 5.02 Å². The van der Waals surface area contributed by atoms with Crippen LogP contribution in [0, 0.1) is 0 Å². The highest BCUT2D eigenvalue weighted by Crippen LogP contribution is 2.26. The standard InChI is InChI=1S/C13H19ClN2O2S/c1-16(12-6-7-19(17,18)9-12)13(8-15)10-2-4-11(14)5-3-10/h2-5,12-13H,6-9,15H2,1H3. The summed E-state index contributed by atoms with van der Waals surface area (Å²) in [6.45, 7) is 0.453. The van der Waals surface area contributed by atoms with Crippen molar-refractivity contribution in [1.82, 2.24) is 4.90 Å². The van der Waals surface area contributed by atoms with Crippen molar-refractivity contribution in [2.75, 3.05) is 25.1 Å². The molecule has 19 heavy (non-hydrogen) atoms. The molecule has 0 radical (unpaired) electrons. The summed E-state index contributed by atoms with van der Waals surface area (Å²) in [6.07, 6.45) is 0.683. The summed E-state index contributed by atoms with van der Waals surface area (Å²) < 4.78 is 23.1. The van der Waals surface area contributed by atoms with E-state index in [9.17, 15) is 8.42 Å². The van der Waals surface area contributed by atoms with Gasteiger partial charge >= 0.3 is 0 Å². The average Bonchev–Trinajstić information content (AvgIpc) is 2.73. The molecule has 2 unspecified atom stereocenters. The van der Waals surface area contributed by atoms with Gasteiger partial charge in [0.15, 0.2) is 9.84 Å². The molecular weight excluding hydrogens is 284 g/mol. The normalized spacial score (nSPS) is 23.7. The number of nitrogens with zero attached hydrogens (tertiary/aromatic N) is 1. The zero-order valence-corrected chi connectivity index (χ0v) is 12.5. The van der Waals surface area contributed by atoms with Crippen LogP contribution in [0.3, 0.4) is 0 Å². The van der Waals surface area contributed by atoms with Gasteiger partial charge in [-0.15, -0.1) is 0 Å². The molecule has 2 N–H and O–H groups in total. The molecule has 0 bridgehead atoms. The first-order valence-corrected chi connectivity index (χ1v) is 8.51. The quantitative estimate of drug-likeness (QED) is 0.914. The minimum absolute atomic E-state index is 0.0237. The lowest BCUT2D eigenvalue weighted by Gasteiger charge is -2.32. The van der Waals surface area contributed by atoms with Crippen molar-refractivity contribution in [1.29, 1.82) is 0 Å². The van der Waals surface area contributed by atoms with Gasteiger partial charge in [-0.3, -0.25) is 4.90 Å². The fourth-order valence-electron chi connectivity index (χ4n) is 2.57. The number of rotatable bonds is 4. The van der Waals surface area contributed by atoms with Crippen molar-refractivity contribution in [2.24, 2.45) is 5.73 Å². The van der Waals surface area contributed by atoms with Gasteiger partial charge in [-0.05, 0) is 31.2 Å². The number of benzene rings is 1. The molecule has 106 valence electrons. The van der Waals surface area contributed by atoms with Crippen LogP contribution >= 0.6 is 11.6 Å². The fourth-order valence-corrected chi connectivity index (χ4v) is 4.49. The zero-order chi connectivity index (χ0) is 14.0. The topological polar surface area (TPSA) is 63.4 Å². The van der Waals surface area contributed by atoms with Crippen LogP contribution in [-0.2, 0) is 9.84 Å². The van der Waals surface area contributed by atoms with Crippen molar-refractivity contribution >= 4 is 21.4 Å². The van der Waals surface area contributed by atoms with Gasteiger partial charge < -0.3 is 5.73 Å². The van der Waals surface area contributed by atoms with E-state index in [2.05, 4.69) is 4.90 Å². The van der Waals surface area contributed by atoms with E-state index >= 15 is 0 Å². The maximum atomic E-state index is 11.6. The molecule has 0 saturated carbocycles. The second kappa shape index (κ2) is 5.79. The third-order valence-corrected chi connectivity index (χ3v) is 5.76. The van der Waals surface area contributed by atoms with Crippen LogP contribution < -0.4 is 5.73 Å². The first-order chi connectivity index (χ1) is 8.93. The molecule has 1 aromatic rings. The van der Waals surface area contributed by atoms with Crippen molar-refractivity contribution in [3.63, 3.8) is 0 Å². The number of sulfone groups is 1. The summed E-state index contributed by atoms with van der Waals surface area (Å²) in [6, 6.07) is 7.63. The summed E-state index contributed by atoms with van der Waals surface area (Å²) in [4.78, 5) is 2.08. The maximum absolute atomic E-state index is 11.6. The van der Waals surface area contributed by atoms with E-state index in [1.54, 1.807) is 0 Å². The van der Waals surface area contributed by atoms with E-state index < -0.39 is 9.84 Å². The van der Waals surface area contributed by atoms with Gasteiger partial charge in [-0.25, -0.2) is 8.42 Å². The Bertz CT molecular complexity index is 530. The molecule has 0 spiro atoms. The Hall–Kier alpha value is -0.620. The number of hydrogen-bond acceptors (Lipinski definition) is 4. The van der Waals surface area contributed by atoms with E-state index in [1.807, 2.05) is 31.3 Å². The monoisotopic (exact) mass is 302 g/mol. The summed E-state index contributed by atoms with van der Waals surface area (Å²) in [5, 5.41) is 0.686. The molecule has 2 atom stereocenters. The first kappa shape index (κ1) is 14.8. The molecule has 1 heterocycles. The summed E-state index contributed by atoms with van der Waals surface area (Å²) >= 11 is 5.88. The molecule has 1 aliphatic heterocycles. The Morgan fingerprint density at radius 1 is 1.42 bits per heavy atom. The van der Waals surface area contributed by atoms with Crippen molar-refractivity contribution in [2.45, 2.75) is 18.5 Å². The Balaban J connectivity index is 2.15. The highest BCUT2D eigenvalue weighted by molar-refractivity contribution is 7.91. The highest BCUT2D eigenvalue weighted by Gasteiger charge is 2.33. The fraction of sp³-hybridized carbons (Fsp3) is 0.538. The smallest absolute Gasteiger partial charge is 0.151 e. The lowest BCUT2D eigenvalue weighted by Crippen LogP contribution is -2.39. The predicted molar refractivity (Wildman–Crippen MR) is 78.1 cm³/mol. The van der Waals surface area contributed by atoms with E-state index in [-0.39, 0.29) is 23.6 Å². The van der Waals surface area contributed by atoms with Gasteiger partial charge in [-0.1, -0.05) is 23.7 Å². The summed E-state index contributed by atoms with van der Waals surface area (Å²) in [7, 11) is -0.933. The van der Waals surface area contributed by atoms with Crippen LogP contribution in [0.5, 0.6) is 0 Å². The Labute approximate surface area is 119 Å². The van der Waals surface area contributed by atoms with E-state index in [0.717, 1.165) is 5.56 Å². The predicted octanol–water partition coefficient (Wildman–Crippen LogP) is 1.46. The third kappa shape index (κ3) is 3.48. The Morgan fingerprint density at radius 3 is 2.53 bits per heavy atom. The Kier molecular flexibility index (Phi) is 4.50.